The summed E-state index contributed by atoms with van der Waals surface area (Å²) in [5.74, 6) is 1.99. The minimum Gasteiger partial charge on any atom is -0.381 e. The topological polar surface area (TPSA) is 21.3 Å². The molecule has 0 amide bonds. The third-order valence-corrected chi connectivity index (χ3v) is 5.92. The lowest BCUT2D eigenvalue weighted by atomic mass is 9.69. The molecule has 132 valence electrons. The minimum absolute atomic E-state index is 0.557. The number of ether oxygens (including phenoxy) is 1. The van der Waals surface area contributed by atoms with Crippen LogP contribution in [0.2, 0.25) is 0 Å². The van der Waals surface area contributed by atoms with Crippen LogP contribution < -0.4 is 5.32 Å². The second-order valence-electron chi connectivity index (χ2n) is 7.68. The quantitative estimate of drug-likeness (QED) is 0.736. The first-order valence-electron chi connectivity index (χ1n) is 9.89. The van der Waals surface area contributed by atoms with Crippen molar-refractivity contribution in [2.24, 2.45) is 17.3 Å². The molecule has 0 aromatic carbocycles. The van der Waals surface area contributed by atoms with Crippen LogP contribution in [0.3, 0.4) is 0 Å². The van der Waals surface area contributed by atoms with Crippen LogP contribution in [0, 0.1) is 17.3 Å². The molecule has 0 radical (unpaired) electrons. The summed E-state index contributed by atoms with van der Waals surface area (Å²) in [4.78, 5) is 0. The van der Waals surface area contributed by atoms with Crippen LogP contribution in [-0.4, -0.2) is 26.3 Å². The fraction of sp³-hybridized carbons (Fsp3) is 1.00. The average Bonchev–Trinajstić information content (AvgIpc) is 2.57. The van der Waals surface area contributed by atoms with Gasteiger partial charge in [-0.25, -0.2) is 0 Å². The van der Waals surface area contributed by atoms with E-state index in [1.807, 2.05) is 21.0 Å². The van der Waals surface area contributed by atoms with Gasteiger partial charge in [0.1, 0.15) is 0 Å². The molecule has 0 atom stereocenters. The summed E-state index contributed by atoms with van der Waals surface area (Å²) in [5.41, 5.74) is 0.690. The predicted octanol–water partition coefficient (Wildman–Crippen LogP) is 5.41. The molecule has 1 heterocycles. The van der Waals surface area contributed by atoms with Gasteiger partial charge in [0.25, 0.3) is 0 Å². The average molecular weight is 312 g/mol. The van der Waals surface area contributed by atoms with Crippen molar-refractivity contribution in [1.82, 2.24) is 5.32 Å². The number of rotatable bonds is 2. The first-order valence-corrected chi connectivity index (χ1v) is 9.89. The first-order chi connectivity index (χ1) is 10.7. The lowest BCUT2D eigenvalue weighted by Crippen LogP contribution is -2.55. The highest BCUT2D eigenvalue weighted by atomic mass is 16.5. The Balaban J connectivity index is 0.000000202. The molecule has 1 N–H and O–H groups in total. The highest BCUT2D eigenvalue weighted by molar-refractivity contribution is 4.95. The van der Waals surface area contributed by atoms with Gasteiger partial charge in [-0.3, -0.25) is 0 Å². The van der Waals surface area contributed by atoms with Crippen LogP contribution in [-0.2, 0) is 4.74 Å². The summed E-state index contributed by atoms with van der Waals surface area (Å²) in [6.07, 6.45) is 13.3. The normalized spacial score (nSPS) is 24.8. The largest absolute Gasteiger partial charge is 0.381 e. The van der Waals surface area contributed by atoms with Crippen LogP contribution >= 0.6 is 0 Å². The zero-order chi connectivity index (χ0) is 16.4. The van der Waals surface area contributed by atoms with E-state index in [1.165, 1.54) is 70.9 Å². The molecule has 3 fully saturated rings. The van der Waals surface area contributed by atoms with Gasteiger partial charge in [-0.15, -0.1) is 0 Å². The number of hydrogen-bond donors (Lipinski definition) is 1. The molecule has 0 unspecified atom stereocenters. The van der Waals surface area contributed by atoms with Gasteiger partial charge in [0.2, 0.25) is 0 Å². The van der Waals surface area contributed by atoms with E-state index in [1.54, 1.807) is 0 Å². The van der Waals surface area contributed by atoms with Crippen molar-refractivity contribution in [3.05, 3.63) is 0 Å². The minimum atomic E-state index is 0.557. The lowest BCUT2D eigenvalue weighted by molar-refractivity contribution is 0.00494. The Morgan fingerprint density at radius 1 is 0.909 bits per heavy atom. The van der Waals surface area contributed by atoms with Crippen LogP contribution in [0.4, 0.5) is 0 Å². The van der Waals surface area contributed by atoms with E-state index in [2.05, 4.69) is 19.2 Å². The van der Waals surface area contributed by atoms with E-state index >= 15 is 0 Å². The molecule has 22 heavy (non-hydrogen) atoms. The van der Waals surface area contributed by atoms with Crippen molar-refractivity contribution in [2.75, 3.05) is 20.2 Å². The maximum absolute atomic E-state index is 5.33. The van der Waals surface area contributed by atoms with Crippen LogP contribution in [0.5, 0.6) is 0 Å². The smallest absolute Gasteiger partial charge is 0.0571 e. The van der Waals surface area contributed by atoms with Crippen molar-refractivity contribution in [2.45, 2.75) is 91.6 Å². The molecule has 1 spiro atoms. The number of nitrogens with one attached hydrogen (secondary N) is 1. The Kier molecular flexibility index (Phi) is 9.66. The number of hydrogen-bond acceptors (Lipinski definition) is 2. The predicted molar refractivity (Wildman–Crippen MR) is 97.3 cm³/mol. The summed E-state index contributed by atoms with van der Waals surface area (Å²) < 4.78 is 5.33. The Morgan fingerprint density at radius 3 is 1.77 bits per heavy atom. The van der Waals surface area contributed by atoms with Gasteiger partial charge in [-0.2, -0.15) is 0 Å². The van der Waals surface area contributed by atoms with Gasteiger partial charge < -0.3 is 10.1 Å². The van der Waals surface area contributed by atoms with E-state index in [0.29, 0.717) is 11.5 Å². The molecule has 0 aromatic heterocycles. The Bertz CT molecular complexity index is 257. The van der Waals surface area contributed by atoms with Crippen LogP contribution in [0.1, 0.15) is 85.5 Å². The van der Waals surface area contributed by atoms with Crippen LogP contribution in [0.15, 0.2) is 0 Å². The van der Waals surface area contributed by atoms with Gasteiger partial charge in [0.05, 0.1) is 6.10 Å². The first kappa shape index (κ1) is 20.0. The standard InChI is InChI=1S/C9H17NO.C9H18.C2H6/c1-11-8-2-4-9(5-3-8)6-10-7-9;1-8(2)9-6-4-3-5-7-9;1-2/h8,10H,2-7H2,1H3;8-9H,3-7H2,1-2H3;1-2H3. The third-order valence-electron chi connectivity index (χ3n) is 5.92. The summed E-state index contributed by atoms with van der Waals surface area (Å²) in [7, 11) is 1.84. The molecule has 0 bridgehead atoms. The monoisotopic (exact) mass is 311 g/mol. The van der Waals surface area contributed by atoms with Gasteiger partial charge >= 0.3 is 0 Å². The second-order valence-corrected chi connectivity index (χ2v) is 7.68. The Labute approximate surface area is 139 Å². The molecular weight excluding hydrogens is 270 g/mol. The fourth-order valence-electron chi connectivity index (χ4n) is 4.07. The van der Waals surface area contributed by atoms with E-state index < -0.39 is 0 Å². The molecular formula is C20H41NO. The molecule has 3 rings (SSSR count). The molecule has 2 aliphatic carbocycles. The Morgan fingerprint density at radius 2 is 1.45 bits per heavy atom. The third kappa shape index (κ3) is 6.20. The summed E-state index contributed by atoms with van der Waals surface area (Å²) in [6, 6.07) is 0. The van der Waals surface area contributed by atoms with Gasteiger partial charge in [-0.05, 0) is 42.9 Å². The molecule has 2 heteroatoms. The van der Waals surface area contributed by atoms with Crippen molar-refractivity contribution < 1.29 is 4.74 Å². The fourth-order valence-corrected chi connectivity index (χ4v) is 4.07. The van der Waals surface area contributed by atoms with E-state index in [-0.39, 0.29) is 0 Å². The zero-order valence-electron chi connectivity index (χ0n) is 15.9. The number of methoxy groups -OCH3 is 1. The lowest BCUT2D eigenvalue weighted by Gasteiger charge is -2.47. The van der Waals surface area contributed by atoms with E-state index in [4.69, 9.17) is 4.74 Å². The summed E-state index contributed by atoms with van der Waals surface area (Å²) >= 11 is 0. The van der Waals surface area contributed by atoms with Gasteiger partial charge in [-0.1, -0.05) is 59.8 Å². The molecule has 3 aliphatic rings. The van der Waals surface area contributed by atoms with E-state index in [0.717, 1.165) is 11.8 Å². The van der Waals surface area contributed by atoms with Crippen molar-refractivity contribution >= 4 is 0 Å². The van der Waals surface area contributed by atoms with E-state index in [9.17, 15) is 0 Å². The van der Waals surface area contributed by atoms with Gasteiger partial charge in [0.15, 0.2) is 0 Å². The second kappa shape index (κ2) is 10.6. The molecule has 0 aromatic rings. The Hall–Kier alpha value is -0.0800. The molecule has 2 nitrogen and oxygen atoms in total. The zero-order valence-corrected chi connectivity index (χ0v) is 15.9. The highest BCUT2D eigenvalue weighted by Crippen LogP contribution is 2.39. The molecule has 1 aliphatic heterocycles. The summed E-state index contributed by atoms with van der Waals surface area (Å²) in [6.45, 7) is 11.2. The van der Waals surface area contributed by atoms with Crippen molar-refractivity contribution in [1.29, 1.82) is 0 Å². The highest BCUT2D eigenvalue weighted by Gasteiger charge is 2.39. The van der Waals surface area contributed by atoms with Crippen molar-refractivity contribution in [3.8, 4) is 0 Å². The van der Waals surface area contributed by atoms with Crippen molar-refractivity contribution in [3.63, 3.8) is 0 Å². The maximum Gasteiger partial charge on any atom is 0.0571 e. The molecule has 2 saturated carbocycles. The maximum atomic E-state index is 5.33. The molecule has 1 saturated heterocycles. The van der Waals surface area contributed by atoms with Gasteiger partial charge in [0, 0.05) is 20.2 Å². The summed E-state index contributed by atoms with van der Waals surface area (Å²) in [5, 5.41) is 3.36. The SMILES string of the molecule is CC.CC(C)C1CCCCC1.COC1CCC2(CC1)CNC2. The van der Waals surface area contributed by atoms with Crippen LogP contribution in [0.25, 0.3) is 0 Å².